The highest BCUT2D eigenvalue weighted by Crippen LogP contribution is 1.93. The van der Waals surface area contributed by atoms with Gasteiger partial charge in [-0.3, -0.25) is 4.79 Å². The van der Waals surface area contributed by atoms with Crippen LogP contribution < -0.4 is 5.56 Å². The van der Waals surface area contributed by atoms with Crippen LogP contribution in [0.3, 0.4) is 0 Å². The third-order valence-corrected chi connectivity index (χ3v) is 1.69. The molecule has 0 radical (unpaired) electrons. The van der Waals surface area contributed by atoms with Crippen LogP contribution in [0.1, 0.15) is 30.0 Å². The fraction of sp³-hybridized carbons (Fsp3) is 0.444. The van der Waals surface area contributed by atoms with E-state index >= 15 is 0 Å². The number of nitrogens with one attached hydrogen (secondary N) is 1. The van der Waals surface area contributed by atoms with Crippen LogP contribution in [0.5, 0.6) is 0 Å². The highest BCUT2D eigenvalue weighted by molar-refractivity contribution is 5.86. The van der Waals surface area contributed by atoms with Gasteiger partial charge in [-0.2, -0.15) is 0 Å². The largest absolute Gasteiger partial charge is 0.461 e. The van der Waals surface area contributed by atoms with Gasteiger partial charge in [0, 0.05) is 11.9 Å². The Balaban J connectivity index is 3.00. The van der Waals surface area contributed by atoms with E-state index in [2.05, 4.69) is 14.7 Å². The SMILES string of the molecule is CCOC(=O)c1ncc(CC)[nH]c1=O. The summed E-state index contributed by atoms with van der Waals surface area (Å²) in [5, 5.41) is 0. The van der Waals surface area contributed by atoms with Crippen molar-refractivity contribution in [3.63, 3.8) is 0 Å². The predicted octanol–water partition coefficient (Wildman–Crippen LogP) is 0.509. The van der Waals surface area contributed by atoms with E-state index in [1.54, 1.807) is 6.92 Å². The summed E-state index contributed by atoms with van der Waals surface area (Å²) >= 11 is 0. The van der Waals surface area contributed by atoms with Crippen molar-refractivity contribution < 1.29 is 9.53 Å². The standard InChI is InChI=1S/C9H12N2O3/c1-3-6-5-10-7(8(12)11-6)9(13)14-4-2/h5H,3-4H2,1-2H3,(H,11,12). The molecule has 0 fully saturated rings. The molecule has 0 aromatic carbocycles. The molecule has 14 heavy (non-hydrogen) atoms. The van der Waals surface area contributed by atoms with Crippen molar-refractivity contribution in [1.29, 1.82) is 0 Å². The summed E-state index contributed by atoms with van der Waals surface area (Å²) in [5.41, 5.74) is 0.00917. The highest BCUT2D eigenvalue weighted by atomic mass is 16.5. The summed E-state index contributed by atoms with van der Waals surface area (Å²) in [6, 6.07) is 0. The number of carbonyl (C=O) groups is 1. The second kappa shape index (κ2) is 4.55. The maximum absolute atomic E-state index is 11.3. The second-order valence-corrected chi connectivity index (χ2v) is 2.66. The Labute approximate surface area is 81.1 Å². The number of H-pyrrole nitrogens is 1. The van der Waals surface area contributed by atoms with Gasteiger partial charge >= 0.3 is 5.97 Å². The Morgan fingerprint density at radius 2 is 2.29 bits per heavy atom. The minimum absolute atomic E-state index is 0.191. The average Bonchev–Trinajstić information content (AvgIpc) is 2.17. The molecule has 0 aliphatic heterocycles. The molecule has 1 aromatic heterocycles. The third-order valence-electron chi connectivity index (χ3n) is 1.69. The van der Waals surface area contributed by atoms with E-state index in [9.17, 15) is 9.59 Å². The zero-order valence-corrected chi connectivity index (χ0v) is 8.16. The van der Waals surface area contributed by atoms with Gasteiger partial charge in [0.25, 0.3) is 5.56 Å². The fourth-order valence-corrected chi connectivity index (χ4v) is 0.963. The van der Waals surface area contributed by atoms with E-state index in [-0.39, 0.29) is 12.3 Å². The number of aryl methyl sites for hydroxylation is 1. The minimum Gasteiger partial charge on any atom is -0.461 e. The van der Waals surface area contributed by atoms with Gasteiger partial charge in [-0.15, -0.1) is 0 Å². The Morgan fingerprint density at radius 3 is 2.79 bits per heavy atom. The first-order valence-corrected chi connectivity index (χ1v) is 4.44. The molecule has 0 atom stereocenters. The number of hydrogen-bond donors (Lipinski definition) is 1. The molecule has 1 N–H and O–H groups in total. The molecule has 5 nitrogen and oxygen atoms in total. The minimum atomic E-state index is -0.684. The monoisotopic (exact) mass is 196 g/mol. The number of ether oxygens (including phenoxy) is 1. The summed E-state index contributed by atoms with van der Waals surface area (Å²) in [6.45, 7) is 3.79. The Hall–Kier alpha value is -1.65. The molecule has 1 heterocycles. The number of nitrogens with zero attached hydrogens (tertiary/aromatic N) is 1. The molecule has 0 unspecified atom stereocenters. The van der Waals surface area contributed by atoms with Crippen molar-refractivity contribution in [3.05, 3.63) is 27.9 Å². The summed E-state index contributed by atoms with van der Waals surface area (Å²) in [5.74, 6) is -0.684. The van der Waals surface area contributed by atoms with Gasteiger partial charge in [0.15, 0.2) is 0 Å². The number of aromatic nitrogens is 2. The molecule has 5 heteroatoms. The lowest BCUT2D eigenvalue weighted by molar-refractivity contribution is 0.0517. The van der Waals surface area contributed by atoms with E-state index in [0.29, 0.717) is 12.1 Å². The molecule has 1 aromatic rings. The molecule has 0 aliphatic carbocycles. The summed E-state index contributed by atoms with van der Waals surface area (Å²) < 4.78 is 4.66. The smallest absolute Gasteiger partial charge is 0.362 e. The van der Waals surface area contributed by atoms with Gasteiger partial charge in [0.1, 0.15) is 0 Å². The molecule has 0 saturated heterocycles. The summed E-state index contributed by atoms with van der Waals surface area (Å²) in [7, 11) is 0. The number of hydrogen-bond acceptors (Lipinski definition) is 4. The lowest BCUT2D eigenvalue weighted by atomic mass is 10.3. The lowest BCUT2D eigenvalue weighted by Crippen LogP contribution is -2.22. The van der Waals surface area contributed by atoms with Crippen LogP contribution in [0, 0.1) is 0 Å². The zero-order chi connectivity index (χ0) is 10.6. The van der Waals surface area contributed by atoms with E-state index in [1.807, 2.05) is 6.92 Å². The molecule has 0 amide bonds. The van der Waals surface area contributed by atoms with Crippen LogP contribution >= 0.6 is 0 Å². The molecule has 1 rings (SSSR count). The van der Waals surface area contributed by atoms with Crippen molar-refractivity contribution in [3.8, 4) is 0 Å². The maximum Gasteiger partial charge on any atom is 0.362 e. The maximum atomic E-state index is 11.3. The summed E-state index contributed by atoms with van der Waals surface area (Å²) in [4.78, 5) is 28.8. The first kappa shape index (κ1) is 10.4. The quantitative estimate of drug-likeness (QED) is 0.715. The normalized spacial score (nSPS) is 9.86. The van der Waals surface area contributed by atoms with Crippen LogP contribution in [-0.4, -0.2) is 22.5 Å². The highest BCUT2D eigenvalue weighted by Gasteiger charge is 2.12. The Morgan fingerprint density at radius 1 is 1.57 bits per heavy atom. The second-order valence-electron chi connectivity index (χ2n) is 2.66. The molecule has 0 aliphatic rings. The van der Waals surface area contributed by atoms with Crippen LogP contribution in [0.15, 0.2) is 11.0 Å². The molecule has 0 spiro atoms. The number of esters is 1. The van der Waals surface area contributed by atoms with Crippen molar-refractivity contribution in [1.82, 2.24) is 9.97 Å². The fourth-order valence-electron chi connectivity index (χ4n) is 0.963. The van der Waals surface area contributed by atoms with Gasteiger partial charge < -0.3 is 9.72 Å². The van der Waals surface area contributed by atoms with Crippen molar-refractivity contribution in [2.45, 2.75) is 20.3 Å². The predicted molar refractivity (Wildman–Crippen MR) is 50.2 cm³/mol. The van der Waals surface area contributed by atoms with E-state index in [0.717, 1.165) is 0 Å². The van der Waals surface area contributed by atoms with Crippen molar-refractivity contribution >= 4 is 5.97 Å². The number of rotatable bonds is 3. The lowest BCUT2D eigenvalue weighted by Gasteiger charge is -2.00. The van der Waals surface area contributed by atoms with Gasteiger partial charge in [-0.05, 0) is 13.3 Å². The molecular formula is C9H12N2O3. The van der Waals surface area contributed by atoms with Gasteiger partial charge in [-0.1, -0.05) is 6.92 Å². The number of carbonyl (C=O) groups excluding carboxylic acids is 1. The van der Waals surface area contributed by atoms with Gasteiger partial charge in [-0.25, -0.2) is 9.78 Å². The van der Waals surface area contributed by atoms with Crippen LogP contribution in [0.25, 0.3) is 0 Å². The van der Waals surface area contributed by atoms with E-state index in [4.69, 9.17) is 0 Å². The van der Waals surface area contributed by atoms with Crippen LogP contribution in [0.2, 0.25) is 0 Å². The number of aromatic amines is 1. The molecule has 76 valence electrons. The van der Waals surface area contributed by atoms with Crippen molar-refractivity contribution in [2.24, 2.45) is 0 Å². The molecule has 0 saturated carbocycles. The first-order chi connectivity index (χ1) is 6.69. The molecule has 0 bridgehead atoms. The van der Waals surface area contributed by atoms with E-state index in [1.165, 1.54) is 6.20 Å². The van der Waals surface area contributed by atoms with Crippen molar-refractivity contribution in [2.75, 3.05) is 6.61 Å². The van der Waals surface area contributed by atoms with Gasteiger partial charge in [0.05, 0.1) is 6.61 Å². The molecular weight excluding hydrogens is 184 g/mol. The average molecular weight is 196 g/mol. The first-order valence-electron chi connectivity index (χ1n) is 4.44. The van der Waals surface area contributed by atoms with E-state index < -0.39 is 11.5 Å². The topological polar surface area (TPSA) is 72.0 Å². The third kappa shape index (κ3) is 2.18. The van der Waals surface area contributed by atoms with Crippen LogP contribution in [-0.2, 0) is 11.2 Å². The summed E-state index contributed by atoms with van der Waals surface area (Å²) in [6.07, 6.45) is 2.14. The Bertz CT molecular complexity index is 384. The van der Waals surface area contributed by atoms with Crippen LogP contribution in [0.4, 0.5) is 0 Å². The Kier molecular flexibility index (Phi) is 3.39. The van der Waals surface area contributed by atoms with Gasteiger partial charge in [0.2, 0.25) is 5.69 Å². The zero-order valence-electron chi connectivity index (χ0n) is 8.16.